The summed E-state index contributed by atoms with van der Waals surface area (Å²) in [4.78, 5) is 44.8. The van der Waals surface area contributed by atoms with Crippen molar-refractivity contribution in [3.8, 4) is 0 Å². The lowest BCUT2D eigenvalue weighted by Crippen LogP contribution is -2.17. The van der Waals surface area contributed by atoms with Gasteiger partial charge in [-0.15, -0.1) is 0 Å². The predicted octanol–water partition coefficient (Wildman–Crippen LogP) is 2.16. The highest BCUT2D eigenvalue weighted by atomic mass is 16.6. The lowest BCUT2D eigenvalue weighted by atomic mass is 10.4. The van der Waals surface area contributed by atoms with Crippen molar-refractivity contribution >= 4 is 23.3 Å². The van der Waals surface area contributed by atoms with Gasteiger partial charge in [0, 0.05) is 25.2 Å². The van der Waals surface area contributed by atoms with Crippen molar-refractivity contribution in [2.24, 2.45) is 0 Å². The minimum atomic E-state index is -0.736. The van der Waals surface area contributed by atoms with E-state index in [1.807, 2.05) is 0 Å². The van der Waals surface area contributed by atoms with E-state index in [1.165, 1.54) is 9.13 Å². The number of esters is 2. The van der Waals surface area contributed by atoms with Crippen LogP contribution in [0.4, 0.5) is 11.4 Å². The maximum atomic E-state index is 12.0. The first-order valence-corrected chi connectivity index (χ1v) is 8.31. The number of rotatable bonds is 9. The standard InChI is InChI=1S/C16H18N4O8/c1-3-27-15(21)13-7-11(19(23)24)9-17(13)5-6-18-10-12(20(25)26)8-14(18)16(22)28-4-2/h7-10H,3-6H2,1-2H3. The minimum absolute atomic E-state index is 0.0280. The van der Waals surface area contributed by atoms with Crippen LogP contribution in [0.2, 0.25) is 0 Å². The molecule has 0 amide bonds. The molecule has 0 spiro atoms. The average molecular weight is 394 g/mol. The molecule has 0 aliphatic rings. The number of ether oxygens (including phenoxy) is 2. The number of hydrogen-bond donors (Lipinski definition) is 0. The van der Waals surface area contributed by atoms with Gasteiger partial charge in [0.1, 0.15) is 11.4 Å². The van der Waals surface area contributed by atoms with Crippen LogP contribution in [0.25, 0.3) is 0 Å². The van der Waals surface area contributed by atoms with Crippen molar-refractivity contribution in [3.63, 3.8) is 0 Å². The Balaban J connectivity index is 2.32. The van der Waals surface area contributed by atoms with Crippen LogP contribution >= 0.6 is 0 Å². The summed E-state index contributed by atoms with van der Waals surface area (Å²) in [6, 6.07) is 2.17. The first-order chi connectivity index (χ1) is 13.3. The molecule has 28 heavy (non-hydrogen) atoms. The Kier molecular flexibility index (Phi) is 6.47. The third-order valence-electron chi connectivity index (χ3n) is 3.74. The topological polar surface area (TPSA) is 149 Å². The molecule has 12 heteroatoms. The monoisotopic (exact) mass is 394 g/mol. The van der Waals surface area contributed by atoms with Gasteiger partial charge in [-0.25, -0.2) is 9.59 Å². The fourth-order valence-corrected chi connectivity index (χ4v) is 2.53. The molecule has 2 heterocycles. The van der Waals surface area contributed by atoms with Crippen molar-refractivity contribution in [2.75, 3.05) is 13.2 Å². The van der Waals surface area contributed by atoms with Gasteiger partial charge in [-0.2, -0.15) is 0 Å². The first kappa shape index (κ1) is 20.6. The van der Waals surface area contributed by atoms with E-state index in [0.717, 1.165) is 24.5 Å². The lowest BCUT2D eigenvalue weighted by Gasteiger charge is -2.11. The van der Waals surface area contributed by atoms with Crippen LogP contribution in [0.15, 0.2) is 24.5 Å². The number of nitro groups is 2. The van der Waals surface area contributed by atoms with E-state index >= 15 is 0 Å². The average Bonchev–Trinajstić information content (AvgIpc) is 3.25. The normalized spacial score (nSPS) is 10.5. The minimum Gasteiger partial charge on any atom is -0.461 e. The first-order valence-electron chi connectivity index (χ1n) is 8.31. The molecule has 2 aromatic rings. The van der Waals surface area contributed by atoms with Crippen molar-refractivity contribution in [3.05, 3.63) is 56.1 Å². The second-order valence-corrected chi connectivity index (χ2v) is 5.51. The van der Waals surface area contributed by atoms with E-state index < -0.39 is 21.8 Å². The third-order valence-corrected chi connectivity index (χ3v) is 3.74. The molecule has 0 saturated carbocycles. The molecule has 12 nitrogen and oxygen atoms in total. The smallest absolute Gasteiger partial charge is 0.355 e. The van der Waals surface area contributed by atoms with Gasteiger partial charge in [-0.05, 0) is 13.8 Å². The Morgan fingerprint density at radius 3 is 1.50 bits per heavy atom. The molecule has 0 saturated heterocycles. The molecule has 2 aromatic heterocycles. The van der Waals surface area contributed by atoms with Crippen molar-refractivity contribution < 1.29 is 28.9 Å². The van der Waals surface area contributed by atoms with Crippen LogP contribution in [-0.2, 0) is 22.6 Å². The summed E-state index contributed by atoms with van der Waals surface area (Å²) in [5.74, 6) is -1.47. The van der Waals surface area contributed by atoms with E-state index in [9.17, 15) is 29.8 Å². The molecule has 2 rings (SSSR count). The van der Waals surface area contributed by atoms with Crippen molar-refractivity contribution in [1.82, 2.24) is 9.13 Å². The van der Waals surface area contributed by atoms with Crippen molar-refractivity contribution in [2.45, 2.75) is 26.9 Å². The van der Waals surface area contributed by atoms with Gasteiger partial charge < -0.3 is 18.6 Å². The molecular weight excluding hydrogens is 376 g/mol. The van der Waals surface area contributed by atoms with Crippen LogP contribution in [0.3, 0.4) is 0 Å². The number of hydrogen-bond acceptors (Lipinski definition) is 8. The molecule has 0 unspecified atom stereocenters. The summed E-state index contributed by atoms with van der Waals surface area (Å²) < 4.78 is 12.4. The lowest BCUT2D eigenvalue weighted by molar-refractivity contribution is -0.385. The van der Waals surface area contributed by atoms with Gasteiger partial charge in [0.05, 0.1) is 35.5 Å². The zero-order valence-electron chi connectivity index (χ0n) is 15.2. The Hall–Kier alpha value is -3.70. The van der Waals surface area contributed by atoms with Crippen LogP contribution < -0.4 is 0 Å². The maximum absolute atomic E-state index is 12.0. The summed E-state index contributed by atoms with van der Waals surface area (Å²) in [7, 11) is 0. The van der Waals surface area contributed by atoms with E-state index in [2.05, 4.69) is 0 Å². The number of carbonyl (C=O) groups excluding carboxylic acids is 2. The molecule has 0 fully saturated rings. The molecule has 0 radical (unpaired) electrons. The zero-order valence-corrected chi connectivity index (χ0v) is 15.2. The highest BCUT2D eigenvalue weighted by molar-refractivity contribution is 5.89. The molecule has 0 bridgehead atoms. The SMILES string of the molecule is CCOC(=O)c1cc([N+](=O)[O-])cn1CCn1cc([N+](=O)[O-])cc1C(=O)OCC. The van der Waals surface area contributed by atoms with E-state index in [0.29, 0.717) is 0 Å². The van der Waals surface area contributed by atoms with Crippen LogP contribution in [0.1, 0.15) is 34.8 Å². The van der Waals surface area contributed by atoms with Crippen molar-refractivity contribution in [1.29, 1.82) is 0 Å². The molecule has 0 aromatic carbocycles. The molecule has 0 aliphatic carbocycles. The second kappa shape index (κ2) is 8.79. The zero-order chi connectivity index (χ0) is 20.8. The van der Waals surface area contributed by atoms with Gasteiger partial charge in [0.25, 0.3) is 11.4 Å². The van der Waals surface area contributed by atoms with Gasteiger partial charge >= 0.3 is 11.9 Å². The fraction of sp³-hybridized carbons (Fsp3) is 0.375. The molecule has 0 aliphatic heterocycles. The van der Waals surface area contributed by atoms with Crippen LogP contribution in [-0.4, -0.2) is 44.1 Å². The van der Waals surface area contributed by atoms with Gasteiger partial charge in [-0.3, -0.25) is 20.2 Å². The summed E-state index contributed by atoms with van der Waals surface area (Å²) in [6.45, 7) is 3.44. The number of aryl methyl sites for hydroxylation is 2. The predicted molar refractivity (Wildman–Crippen MR) is 94.1 cm³/mol. The molecule has 0 atom stereocenters. The highest BCUT2D eigenvalue weighted by Crippen LogP contribution is 2.20. The number of carbonyl (C=O) groups is 2. The molecular formula is C16H18N4O8. The van der Waals surface area contributed by atoms with Gasteiger partial charge in [0.15, 0.2) is 0 Å². The molecule has 150 valence electrons. The van der Waals surface area contributed by atoms with E-state index in [4.69, 9.17) is 9.47 Å². The summed E-state index contributed by atoms with van der Waals surface area (Å²) in [6.07, 6.45) is 2.32. The highest BCUT2D eigenvalue weighted by Gasteiger charge is 2.23. The summed E-state index contributed by atoms with van der Waals surface area (Å²) in [5.41, 5.74) is -0.667. The Labute approximate surface area is 158 Å². The summed E-state index contributed by atoms with van der Waals surface area (Å²) in [5, 5.41) is 22.0. The van der Waals surface area contributed by atoms with Gasteiger partial charge in [-0.1, -0.05) is 0 Å². The summed E-state index contributed by atoms with van der Waals surface area (Å²) >= 11 is 0. The Morgan fingerprint density at radius 2 is 1.21 bits per heavy atom. The second-order valence-electron chi connectivity index (χ2n) is 5.51. The molecule has 0 N–H and O–H groups in total. The number of nitrogens with zero attached hydrogens (tertiary/aromatic N) is 4. The largest absolute Gasteiger partial charge is 0.461 e. The van der Waals surface area contributed by atoms with E-state index in [-0.39, 0.29) is 49.1 Å². The Morgan fingerprint density at radius 1 is 0.857 bits per heavy atom. The van der Waals surface area contributed by atoms with Crippen LogP contribution in [0, 0.1) is 20.2 Å². The number of aromatic nitrogens is 2. The van der Waals surface area contributed by atoms with Crippen LogP contribution in [0.5, 0.6) is 0 Å². The fourth-order valence-electron chi connectivity index (χ4n) is 2.53. The van der Waals surface area contributed by atoms with Gasteiger partial charge in [0.2, 0.25) is 0 Å². The quantitative estimate of drug-likeness (QED) is 0.357. The van der Waals surface area contributed by atoms with E-state index in [1.54, 1.807) is 13.8 Å². The third kappa shape index (κ3) is 4.52. The maximum Gasteiger partial charge on any atom is 0.355 e. The Bertz CT molecular complexity index is 840.